The third-order valence-corrected chi connectivity index (χ3v) is 8.62. The zero-order chi connectivity index (χ0) is 28.6. The van der Waals surface area contributed by atoms with E-state index in [1.165, 1.54) is 0 Å². The van der Waals surface area contributed by atoms with E-state index in [1.807, 2.05) is 19.2 Å². The van der Waals surface area contributed by atoms with Gasteiger partial charge in [0.25, 0.3) is 0 Å². The van der Waals surface area contributed by atoms with Gasteiger partial charge >= 0.3 is 5.97 Å². The summed E-state index contributed by atoms with van der Waals surface area (Å²) >= 11 is 0. The Hall–Kier alpha value is -3.49. The molecule has 1 unspecified atom stereocenters. The van der Waals surface area contributed by atoms with Gasteiger partial charge in [0, 0.05) is 24.1 Å². The summed E-state index contributed by atoms with van der Waals surface area (Å²) in [7, 11) is 1.99. The smallest absolute Gasteiger partial charge is 0.343 e. The van der Waals surface area contributed by atoms with Gasteiger partial charge < -0.3 is 25.2 Å². The quantitative estimate of drug-likeness (QED) is 0.398. The Kier molecular flexibility index (Phi) is 7.84. The minimum Gasteiger partial charge on any atom is -0.511 e. The highest BCUT2D eigenvalue weighted by Crippen LogP contribution is 2.36. The summed E-state index contributed by atoms with van der Waals surface area (Å²) in [5, 5.41) is 48.8. The van der Waals surface area contributed by atoms with Gasteiger partial charge in [-0.2, -0.15) is 5.26 Å². The molecule has 10 nitrogen and oxygen atoms in total. The maximum absolute atomic E-state index is 12.4. The minimum absolute atomic E-state index is 0.0587. The summed E-state index contributed by atoms with van der Waals surface area (Å²) in [6.07, 6.45) is 8.01. The second kappa shape index (κ2) is 11.2. The molecule has 5 rings (SSSR count). The number of aliphatic hydroxyl groups excluding tert-OH is 1. The highest BCUT2D eigenvalue weighted by molar-refractivity contribution is 5.87. The second-order valence-electron chi connectivity index (χ2n) is 11.1. The number of esters is 1. The Labute approximate surface area is 233 Å². The number of ether oxygens (including phenoxy) is 1. The molecule has 1 saturated heterocycles. The predicted octanol–water partition coefficient (Wildman–Crippen LogP) is 1.24. The number of carbonyl (C=O) groups is 1. The van der Waals surface area contributed by atoms with E-state index >= 15 is 0 Å². The Balaban J connectivity index is 1.53. The summed E-state index contributed by atoms with van der Waals surface area (Å²) < 4.78 is 5.15. The van der Waals surface area contributed by atoms with Gasteiger partial charge in [-0.15, -0.1) is 0 Å². The Bertz CT molecular complexity index is 1460. The number of nitrogens with one attached hydrogen (secondary N) is 1. The molecule has 2 atom stereocenters. The minimum atomic E-state index is -1.82. The van der Waals surface area contributed by atoms with Gasteiger partial charge in [-0.05, 0) is 87.3 Å². The van der Waals surface area contributed by atoms with Crippen molar-refractivity contribution in [1.29, 1.82) is 5.26 Å². The number of aromatic nitrogens is 1. The molecule has 4 aliphatic rings. The van der Waals surface area contributed by atoms with Crippen LogP contribution in [0, 0.1) is 17.2 Å². The molecule has 0 radical (unpaired) electrons. The van der Waals surface area contributed by atoms with Gasteiger partial charge in [-0.25, -0.2) is 9.78 Å². The van der Waals surface area contributed by atoms with Gasteiger partial charge in [0.2, 0.25) is 0 Å². The summed E-state index contributed by atoms with van der Waals surface area (Å²) in [4.78, 5) is 19.6. The lowest BCUT2D eigenvalue weighted by molar-refractivity contribution is -0.162. The number of hydroxylamine groups is 2. The number of aliphatic hydroxyl groups is 2. The summed E-state index contributed by atoms with van der Waals surface area (Å²) in [6, 6.07) is 4.62. The number of hydrogen-bond acceptors (Lipinski definition) is 10. The first-order valence-corrected chi connectivity index (χ1v) is 13.9. The maximum Gasteiger partial charge on any atom is 0.343 e. The van der Waals surface area contributed by atoms with Gasteiger partial charge in [-0.3, -0.25) is 10.3 Å². The highest BCUT2D eigenvalue weighted by atomic mass is 16.6. The SMILES string of the molecule is CC[C@@]1(O)C(=O)OCC(C)=C1/C=C1/c2nc3/c(cc2CN1O)=C/CC(CN1CCC(NC)CC1)/C(O)=C(C#N)\C=3. The molecule has 0 spiro atoms. The number of piperidine rings is 1. The van der Waals surface area contributed by atoms with Gasteiger partial charge in [0.15, 0.2) is 5.60 Å². The summed E-state index contributed by atoms with van der Waals surface area (Å²) in [5.41, 5.74) is 1.05. The van der Waals surface area contributed by atoms with Crippen molar-refractivity contribution in [3.05, 3.63) is 56.4 Å². The zero-order valence-corrected chi connectivity index (χ0v) is 23.3. The van der Waals surface area contributed by atoms with Crippen LogP contribution in [-0.2, 0) is 16.1 Å². The van der Waals surface area contributed by atoms with Crippen LogP contribution < -0.4 is 15.9 Å². The number of nitrogens with zero attached hydrogens (tertiary/aromatic N) is 4. The molecule has 1 aliphatic carbocycles. The Morgan fingerprint density at radius 1 is 1.35 bits per heavy atom. The number of likely N-dealkylation sites (tertiary alicyclic amines) is 1. The monoisotopic (exact) mass is 547 g/mol. The molecule has 10 heteroatoms. The molecular formula is C30H37N5O5. The zero-order valence-electron chi connectivity index (χ0n) is 23.3. The lowest BCUT2D eigenvalue weighted by Gasteiger charge is -2.34. The fourth-order valence-electron chi connectivity index (χ4n) is 6.05. The van der Waals surface area contributed by atoms with Crippen molar-refractivity contribution in [2.24, 2.45) is 5.92 Å². The van der Waals surface area contributed by atoms with E-state index in [2.05, 4.69) is 16.3 Å². The maximum atomic E-state index is 12.4. The van der Waals surface area contributed by atoms with Crippen LogP contribution in [0.25, 0.3) is 17.8 Å². The molecule has 0 bridgehead atoms. The van der Waals surface area contributed by atoms with E-state index in [0.717, 1.165) is 41.8 Å². The average Bonchev–Trinajstić information content (AvgIpc) is 3.26. The lowest BCUT2D eigenvalue weighted by Crippen LogP contribution is -2.45. The number of nitriles is 1. The molecule has 4 heterocycles. The Morgan fingerprint density at radius 3 is 2.77 bits per heavy atom. The molecule has 1 aromatic rings. The van der Waals surface area contributed by atoms with E-state index in [-0.39, 0.29) is 36.8 Å². The van der Waals surface area contributed by atoms with Crippen LogP contribution in [0.15, 0.2) is 34.6 Å². The number of cyclic esters (lactones) is 1. The van der Waals surface area contributed by atoms with Crippen molar-refractivity contribution in [2.45, 2.75) is 57.7 Å². The molecule has 3 aliphatic heterocycles. The van der Waals surface area contributed by atoms with Crippen molar-refractivity contribution in [2.75, 3.05) is 33.3 Å². The average molecular weight is 548 g/mol. The van der Waals surface area contributed by atoms with Crippen LogP contribution in [0.3, 0.4) is 0 Å². The van der Waals surface area contributed by atoms with Crippen LogP contribution in [0.4, 0.5) is 0 Å². The van der Waals surface area contributed by atoms with E-state index in [1.54, 1.807) is 26.0 Å². The third kappa shape index (κ3) is 5.06. The van der Waals surface area contributed by atoms with Gasteiger partial charge in [0.1, 0.15) is 18.4 Å². The van der Waals surface area contributed by atoms with Crippen molar-refractivity contribution in [3.8, 4) is 6.07 Å². The second-order valence-corrected chi connectivity index (χ2v) is 11.1. The van der Waals surface area contributed by atoms with E-state index < -0.39 is 11.6 Å². The summed E-state index contributed by atoms with van der Waals surface area (Å²) in [6.45, 7) is 6.27. The fourth-order valence-corrected chi connectivity index (χ4v) is 6.05. The molecule has 1 fully saturated rings. The first kappa shape index (κ1) is 28.1. The number of pyridine rings is 1. The van der Waals surface area contributed by atoms with Crippen molar-refractivity contribution >= 4 is 23.8 Å². The van der Waals surface area contributed by atoms with E-state index in [4.69, 9.17) is 9.72 Å². The normalized spacial score (nSPS) is 30.4. The van der Waals surface area contributed by atoms with E-state index in [9.17, 15) is 25.5 Å². The van der Waals surface area contributed by atoms with Crippen molar-refractivity contribution < 1.29 is 25.0 Å². The number of carbonyl (C=O) groups excluding carboxylic acids is 1. The fraction of sp³-hybridized carbons (Fsp3) is 0.500. The van der Waals surface area contributed by atoms with Crippen LogP contribution in [-0.4, -0.2) is 81.3 Å². The third-order valence-electron chi connectivity index (χ3n) is 8.62. The topological polar surface area (TPSA) is 142 Å². The standard InChI is InChI=1S/C30H37N5O5/c1-4-30(38)24(18(2)17-40-29(30)37)13-26-27-22(16-35(26)39)11-19-5-6-20(15-34-9-7-23(32-3)8-10-34)28(36)21(14-31)12-25(19)33-27/h5,11-13,20,23,32,36,38-39H,4,6-10,15-17H2,1-3H3/b19-5+,25-12+,26-13-,28-21-/t20?,30-/m0/s1. The number of hydrogen-bond donors (Lipinski definition) is 4. The first-order chi connectivity index (χ1) is 19.2. The van der Waals surface area contributed by atoms with Crippen LogP contribution >= 0.6 is 0 Å². The molecule has 40 heavy (non-hydrogen) atoms. The van der Waals surface area contributed by atoms with Crippen LogP contribution in [0.5, 0.6) is 0 Å². The molecule has 0 aromatic carbocycles. The number of allylic oxidation sites excluding steroid dienone is 1. The highest BCUT2D eigenvalue weighted by Gasteiger charge is 2.43. The van der Waals surface area contributed by atoms with Crippen molar-refractivity contribution in [1.82, 2.24) is 20.3 Å². The predicted molar refractivity (Wildman–Crippen MR) is 149 cm³/mol. The van der Waals surface area contributed by atoms with Crippen molar-refractivity contribution in [3.63, 3.8) is 0 Å². The molecule has 0 saturated carbocycles. The van der Waals surface area contributed by atoms with Crippen LogP contribution in [0.1, 0.15) is 50.8 Å². The Morgan fingerprint density at radius 2 is 2.10 bits per heavy atom. The molecule has 212 valence electrons. The summed E-state index contributed by atoms with van der Waals surface area (Å²) in [5.74, 6) is -0.864. The lowest BCUT2D eigenvalue weighted by atomic mass is 9.85. The molecule has 0 amide bonds. The number of fused-ring (bicyclic) bond motifs is 2. The molecule has 4 N–H and O–H groups in total. The molecule has 1 aromatic heterocycles. The number of rotatable bonds is 5. The van der Waals surface area contributed by atoms with E-state index in [0.29, 0.717) is 46.9 Å². The van der Waals surface area contributed by atoms with Gasteiger partial charge in [0.05, 0.1) is 28.9 Å². The van der Waals surface area contributed by atoms with Gasteiger partial charge in [-0.1, -0.05) is 13.0 Å². The van der Waals surface area contributed by atoms with Crippen LogP contribution in [0.2, 0.25) is 0 Å². The largest absolute Gasteiger partial charge is 0.511 e. The first-order valence-electron chi connectivity index (χ1n) is 13.9. The molecular weight excluding hydrogens is 510 g/mol.